The van der Waals surface area contributed by atoms with Crippen molar-refractivity contribution >= 4 is 23.2 Å². The molecule has 1 rings (SSSR count). The van der Waals surface area contributed by atoms with Gasteiger partial charge in [0.1, 0.15) is 0 Å². The van der Waals surface area contributed by atoms with E-state index in [4.69, 9.17) is 18.0 Å². The number of rotatable bonds is 6. The monoisotopic (exact) mass is 291 g/mol. The second kappa shape index (κ2) is 8.45. The molecule has 4 N–H and O–H groups in total. The van der Waals surface area contributed by atoms with Crippen molar-refractivity contribution in [3.63, 3.8) is 0 Å². The third-order valence-corrected chi connectivity index (χ3v) is 2.96. The van der Waals surface area contributed by atoms with E-state index in [1.165, 1.54) is 18.1 Å². The molecule has 1 amide bonds. The first kappa shape index (κ1) is 16.3. The quantitative estimate of drug-likeness (QED) is 0.697. The maximum Gasteiger partial charge on any atom is 0.222 e. The number of amides is 1. The van der Waals surface area contributed by atoms with Gasteiger partial charge in [-0.2, -0.15) is 0 Å². The van der Waals surface area contributed by atoms with Gasteiger partial charge in [0.05, 0.1) is 0 Å². The Kier molecular flexibility index (Phi) is 6.90. The highest BCUT2D eigenvalue weighted by molar-refractivity contribution is 7.80. The Hall–Kier alpha value is -1.72. The normalized spacial score (nSPS) is 9.90. The Balaban J connectivity index is 2.37. The van der Waals surface area contributed by atoms with E-state index in [1.54, 1.807) is 0 Å². The number of hydrogen-bond donors (Lipinski definition) is 3. The average Bonchev–Trinajstić information content (AvgIpc) is 2.37. The highest BCUT2D eigenvalue weighted by atomic mass is 32.1. The number of nitrogens with one attached hydrogen (secondary N) is 2. The molecule has 0 bridgehead atoms. The van der Waals surface area contributed by atoms with E-state index in [2.05, 4.69) is 41.5 Å². The van der Waals surface area contributed by atoms with Crippen molar-refractivity contribution in [3.05, 3.63) is 47.7 Å². The van der Waals surface area contributed by atoms with Crippen LogP contribution in [0.25, 0.3) is 0 Å². The first-order valence-electron chi connectivity index (χ1n) is 6.55. The van der Waals surface area contributed by atoms with Gasteiger partial charge < -0.3 is 16.4 Å². The fourth-order valence-electron chi connectivity index (χ4n) is 1.75. The number of thiocarbonyl (C=S) groups is 1. The van der Waals surface area contributed by atoms with Crippen molar-refractivity contribution < 1.29 is 4.79 Å². The third-order valence-electron chi connectivity index (χ3n) is 2.75. The molecule has 108 valence electrons. The van der Waals surface area contributed by atoms with Gasteiger partial charge in [-0.1, -0.05) is 30.8 Å². The first-order valence-corrected chi connectivity index (χ1v) is 6.96. The summed E-state index contributed by atoms with van der Waals surface area (Å²) in [5, 5.41) is 5.70. The summed E-state index contributed by atoms with van der Waals surface area (Å²) in [5.74, 6) is -0.189. The van der Waals surface area contributed by atoms with Gasteiger partial charge in [-0.25, -0.2) is 0 Å². The van der Waals surface area contributed by atoms with Crippen LogP contribution in [0.1, 0.15) is 24.5 Å². The van der Waals surface area contributed by atoms with Gasteiger partial charge in [0, 0.05) is 12.6 Å². The topological polar surface area (TPSA) is 67.2 Å². The van der Waals surface area contributed by atoms with Crippen LogP contribution >= 0.6 is 12.2 Å². The van der Waals surface area contributed by atoms with Crippen molar-refractivity contribution in [1.29, 1.82) is 0 Å². The summed E-state index contributed by atoms with van der Waals surface area (Å²) < 4.78 is 0. The van der Waals surface area contributed by atoms with Gasteiger partial charge in [-0.05, 0) is 49.2 Å². The molecule has 0 aliphatic carbocycles. The molecule has 0 radical (unpaired) electrons. The minimum atomic E-state index is -0.189. The zero-order valence-electron chi connectivity index (χ0n) is 11.7. The highest BCUT2D eigenvalue weighted by Gasteiger charge is 2.01. The van der Waals surface area contributed by atoms with Gasteiger partial charge in [-0.15, -0.1) is 0 Å². The van der Waals surface area contributed by atoms with Crippen molar-refractivity contribution in [2.45, 2.75) is 26.2 Å². The molecule has 1 aromatic rings. The molecule has 0 aliphatic rings. The summed E-state index contributed by atoms with van der Waals surface area (Å²) in [5.41, 5.74) is 8.79. The number of nitrogens with two attached hydrogens (primary N) is 1. The fraction of sp³-hybridized carbons (Fsp3) is 0.333. The van der Waals surface area contributed by atoms with E-state index in [0.717, 1.165) is 25.0 Å². The molecule has 0 spiro atoms. The second-order valence-corrected chi connectivity index (χ2v) is 5.00. The number of allylic oxidation sites excluding steroid dienone is 1. The molecule has 0 saturated carbocycles. The van der Waals surface area contributed by atoms with Gasteiger partial charge in [-0.3, -0.25) is 4.79 Å². The van der Waals surface area contributed by atoms with Gasteiger partial charge in [0.2, 0.25) is 5.91 Å². The predicted octanol–water partition coefficient (Wildman–Crippen LogP) is 1.64. The molecule has 0 unspecified atom stereocenters. The summed E-state index contributed by atoms with van der Waals surface area (Å²) >= 11 is 4.97. The first-order chi connectivity index (χ1) is 9.51. The number of benzene rings is 1. The molecule has 4 nitrogen and oxygen atoms in total. The minimum Gasteiger partial charge on any atom is -0.337 e. The molecule has 20 heavy (non-hydrogen) atoms. The molecular formula is C15H21N3OS. The lowest BCUT2D eigenvalue weighted by molar-refractivity contribution is -0.117. The van der Waals surface area contributed by atoms with E-state index < -0.39 is 0 Å². The van der Waals surface area contributed by atoms with Gasteiger partial charge in [0.15, 0.2) is 5.11 Å². The standard InChI is InChI=1S/C15H21N3OS/c1-11(17-15(20)18-12(2)19)3-4-13-5-7-14(8-6-13)9-10-16/h5-8H,1,3-4,9-10,16H2,2H3,(H2,17,18,19,20). The Morgan fingerprint density at radius 2 is 1.75 bits per heavy atom. The Morgan fingerprint density at radius 3 is 2.25 bits per heavy atom. The lowest BCUT2D eigenvalue weighted by atomic mass is 10.0. The SMILES string of the molecule is C=C(CCc1ccc(CCN)cc1)NC(=S)NC(C)=O. The number of hydrogen-bond acceptors (Lipinski definition) is 3. The van der Waals surface area contributed by atoms with E-state index in [1.807, 2.05) is 0 Å². The van der Waals surface area contributed by atoms with Crippen LogP contribution in [0.2, 0.25) is 0 Å². The summed E-state index contributed by atoms with van der Waals surface area (Å²) in [7, 11) is 0. The van der Waals surface area contributed by atoms with Crippen molar-refractivity contribution in [3.8, 4) is 0 Å². The lowest BCUT2D eigenvalue weighted by Crippen LogP contribution is -2.37. The molecule has 0 atom stereocenters. The van der Waals surface area contributed by atoms with Crippen LogP contribution in [0.15, 0.2) is 36.5 Å². The maximum atomic E-state index is 10.8. The van der Waals surface area contributed by atoms with E-state index in [9.17, 15) is 4.79 Å². The zero-order chi connectivity index (χ0) is 15.0. The molecule has 0 aliphatic heterocycles. The van der Waals surface area contributed by atoms with E-state index in [-0.39, 0.29) is 5.91 Å². The second-order valence-electron chi connectivity index (χ2n) is 4.59. The van der Waals surface area contributed by atoms with E-state index >= 15 is 0 Å². The largest absolute Gasteiger partial charge is 0.337 e. The Bertz CT molecular complexity index is 482. The van der Waals surface area contributed by atoms with Crippen LogP contribution in [0.5, 0.6) is 0 Å². The summed E-state index contributed by atoms with van der Waals surface area (Å²) in [6, 6.07) is 8.40. The zero-order valence-corrected chi connectivity index (χ0v) is 12.6. The maximum absolute atomic E-state index is 10.8. The van der Waals surface area contributed by atoms with Crippen molar-refractivity contribution in [1.82, 2.24) is 10.6 Å². The Labute approximate surface area is 125 Å². The number of carbonyl (C=O) groups is 1. The number of carbonyl (C=O) groups excluding carboxylic acids is 1. The molecule has 0 aromatic heterocycles. The van der Waals surface area contributed by atoms with Crippen molar-refractivity contribution in [2.24, 2.45) is 5.73 Å². The van der Waals surface area contributed by atoms with Gasteiger partial charge >= 0.3 is 0 Å². The lowest BCUT2D eigenvalue weighted by Gasteiger charge is -2.11. The highest BCUT2D eigenvalue weighted by Crippen LogP contribution is 2.09. The van der Waals surface area contributed by atoms with Crippen LogP contribution in [-0.2, 0) is 17.6 Å². The Morgan fingerprint density at radius 1 is 1.20 bits per heavy atom. The van der Waals surface area contributed by atoms with Crippen LogP contribution in [0.4, 0.5) is 0 Å². The molecule has 0 saturated heterocycles. The summed E-state index contributed by atoms with van der Waals surface area (Å²) in [6.45, 7) is 5.98. The smallest absolute Gasteiger partial charge is 0.222 e. The molecule has 0 heterocycles. The predicted molar refractivity (Wildman–Crippen MR) is 86.2 cm³/mol. The molecule has 1 aromatic carbocycles. The molecular weight excluding hydrogens is 270 g/mol. The van der Waals surface area contributed by atoms with Crippen LogP contribution in [0.3, 0.4) is 0 Å². The fourth-order valence-corrected chi connectivity index (χ4v) is 2.04. The van der Waals surface area contributed by atoms with Crippen molar-refractivity contribution in [2.75, 3.05) is 6.54 Å². The summed E-state index contributed by atoms with van der Waals surface area (Å²) in [4.78, 5) is 10.8. The van der Waals surface area contributed by atoms with Gasteiger partial charge in [0.25, 0.3) is 0 Å². The minimum absolute atomic E-state index is 0.189. The van der Waals surface area contributed by atoms with E-state index in [0.29, 0.717) is 11.7 Å². The number of aryl methyl sites for hydroxylation is 1. The third kappa shape index (κ3) is 6.45. The van der Waals surface area contributed by atoms with Crippen LogP contribution in [-0.4, -0.2) is 17.6 Å². The average molecular weight is 291 g/mol. The van der Waals surface area contributed by atoms with Crippen LogP contribution in [0, 0.1) is 0 Å². The van der Waals surface area contributed by atoms with Crippen LogP contribution < -0.4 is 16.4 Å². The molecule has 0 fully saturated rings. The molecule has 5 heteroatoms. The summed E-state index contributed by atoms with van der Waals surface area (Å²) in [6.07, 6.45) is 2.53.